The van der Waals surface area contributed by atoms with Crippen molar-refractivity contribution in [2.45, 2.75) is 33.8 Å². The van der Waals surface area contributed by atoms with Crippen LogP contribution in [0.5, 0.6) is 5.75 Å². The van der Waals surface area contributed by atoms with Crippen LogP contribution < -0.4 is 9.64 Å². The third kappa shape index (κ3) is 5.68. The molecule has 0 aliphatic heterocycles. The Hall–Kier alpha value is -5.16. The molecule has 5 nitrogen and oxygen atoms in total. The van der Waals surface area contributed by atoms with Crippen molar-refractivity contribution in [3.05, 3.63) is 132 Å². The zero-order valence-electron chi connectivity index (χ0n) is 24.1. The summed E-state index contributed by atoms with van der Waals surface area (Å²) in [4.78, 5) is 25.9. The first-order valence-corrected chi connectivity index (χ1v) is 13.9. The fourth-order valence-electron chi connectivity index (χ4n) is 5.21. The summed E-state index contributed by atoms with van der Waals surface area (Å²) in [5.74, 6) is -0.486. The number of carbonyl (C=O) groups is 2. The number of hydrogen-bond acceptors (Lipinski definition) is 5. The Morgan fingerprint density at radius 2 is 1.55 bits per heavy atom. The number of esters is 2. The summed E-state index contributed by atoms with van der Waals surface area (Å²) in [6.45, 7) is 13.3. The average Bonchev–Trinajstić information content (AvgIpc) is 3.01. The highest BCUT2D eigenvalue weighted by molar-refractivity contribution is 6.15. The topological polar surface area (TPSA) is 55.8 Å². The van der Waals surface area contributed by atoms with E-state index in [2.05, 4.69) is 74.4 Å². The Labute approximate surface area is 246 Å². The van der Waals surface area contributed by atoms with E-state index in [0.717, 1.165) is 40.5 Å². The molecular weight excluding hydrogens is 522 g/mol. The van der Waals surface area contributed by atoms with E-state index in [9.17, 15) is 9.59 Å². The third-order valence-corrected chi connectivity index (χ3v) is 7.31. The molecule has 0 aliphatic rings. The molecule has 0 unspecified atom stereocenters. The summed E-state index contributed by atoms with van der Waals surface area (Å²) < 4.78 is 10.7. The molecular formula is C37H33NO4. The Balaban J connectivity index is 1.66. The van der Waals surface area contributed by atoms with Crippen molar-refractivity contribution < 1.29 is 19.1 Å². The van der Waals surface area contributed by atoms with Gasteiger partial charge in [0, 0.05) is 28.4 Å². The highest BCUT2D eigenvalue weighted by Crippen LogP contribution is 2.43. The van der Waals surface area contributed by atoms with Crippen LogP contribution in [0.25, 0.3) is 21.5 Å². The van der Waals surface area contributed by atoms with Gasteiger partial charge in [0.1, 0.15) is 12.4 Å². The minimum absolute atomic E-state index is 0.161. The maximum Gasteiger partial charge on any atom is 0.335 e. The Bertz CT molecular complexity index is 1820. The third-order valence-electron chi connectivity index (χ3n) is 7.31. The zero-order chi connectivity index (χ0) is 29.8. The van der Waals surface area contributed by atoms with Gasteiger partial charge >= 0.3 is 11.9 Å². The maximum atomic E-state index is 11.9. The number of rotatable bonds is 9. The first-order valence-electron chi connectivity index (χ1n) is 13.9. The van der Waals surface area contributed by atoms with E-state index >= 15 is 0 Å². The van der Waals surface area contributed by atoms with E-state index in [1.807, 2.05) is 36.4 Å². The second kappa shape index (κ2) is 12.1. The molecule has 42 heavy (non-hydrogen) atoms. The molecule has 5 heteroatoms. The lowest BCUT2D eigenvalue weighted by Crippen LogP contribution is -2.11. The van der Waals surface area contributed by atoms with Crippen molar-refractivity contribution in [3.63, 3.8) is 0 Å². The summed E-state index contributed by atoms with van der Waals surface area (Å²) >= 11 is 0. The van der Waals surface area contributed by atoms with Crippen LogP contribution in [0.3, 0.4) is 0 Å². The van der Waals surface area contributed by atoms with E-state index in [-0.39, 0.29) is 6.61 Å². The number of fused-ring (bicyclic) bond motifs is 3. The van der Waals surface area contributed by atoms with Gasteiger partial charge in [0.05, 0.1) is 5.69 Å². The SMILES string of the molecule is C=CC(=O)Oc1ccc(N(c2ccc(COC(=O)C(=C)C)cc2)c2ccc(CC)c3c2ccc2cccc(C)c23)cc1. The van der Waals surface area contributed by atoms with Crippen LogP contribution in [-0.4, -0.2) is 11.9 Å². The van der Waals surface area contributed by atoms with E-state index < -0.39 is 11.9 Å². The van der Waals surface area contributed by atoms with Gasteiger partial charge in [-0.05, 0) is 95.6 Å². The van der Waals surface area contributed by atoms with E-state index in [1.165, 1.54) is 27.3 Å². The maximum absolute atomic E-state index is 11.9. The lowest BCUT2D eigenvalue weighted by atomic mass is 9.92. The Kier molecular flexibility index (Phi) is 8.21. The molecule has 0 atom stereocenters. The summed E-state index contributed by atoms with van der Waals surface area (Å²) in [6.07, 6.45) is 2.05. The molecule has 0 bridgehead atoms. The van der Waals surface area contributed by atoms with Crippen molar-refractivity contribution in [1.82, 2.24) is 0 Å². The summed E-state index contributed by atoms with van der Waals surface area (Å²) in [7, 11) is 0. The van der Waals surface area contributed by atoms with E-state index in [0.29, 0.717) is 11.3 Å². The van der Waals surface area contributed by atoms with Gasteiger partial charge < -0.3 is 14.4 Å². The molecule has 0 aromatic heterocycles. The number of anilines is 3. The quantitative estimate of drug-likeness (QED) is 0.0786. The number of benzene rings is 5. The molecule has 0 saturated heterocycles. The highest BCUT2D eigenvalue weighted by atomic mass is 16.5. The summed E-state index contributed by atoms with van der Waals surface area (Å²) in [5.41, 5.74) is 6.60. The largest absolute Gasteiger partial charge is 0.457 e. The molecule has 0 fully saturated rings. The van der Waals surface area contributed by atoms with Gasteiger partial charge in [-0.25, -0.2) is 9.59 Å². The van der Waals surface area contributed by atoms with Crippen LogP contribution in [0, 0.1) is 6.92 Å². The average molecular weight is 556 g/mol. The van der Waals surface area contributed by atoms with Crippen LogP contribution >= 0.6 is 0 Å². The van der Waals surface area contributed by atoms with Gasteiger partial charge in [0.15, 0.2) is 0 Å². The van der Waals surface area contributed by atoms with Gasteiger partial charge in [-0.1, -0.05) is 68.6 Å². The smallest absolute Gasteiger partial charge is 0.335 e. The second-order valence-electron chi connectivity index (χ2n) is 10.2. The Morgan fingerprint density at radius 1 is 0.857 bits per heavy atom. The number of ether oxygens (including phenoxy) is 2. The van der Waals surface area contributed by atoms with Crippen LogP contribution in [0.1, 0.15) is 30.5 Å². The highest BCUT2D eigenvalue weighted by Gasteiger charge is 2.19. The van der Waals surface area contributed by atoms with Gasteiger partial charge in [-0.2, -0.15) is 0 Å². The number of carbonyl (C=O) groups excluding carboxylic acids is 2. The normalized spacial score (nSPS) is 10.8. The van der Waals surface area contributed by atoms with Crippen molar-refractivity contribution in [2.75, 3.05) is 4.90 Å². The lowest BCUT2D eigenvalue weighted by molar-refractivity contribution is -0.140. The molecule has 5 rings (SSSR count). The molecule has 0 heterocycles. The molecule has 210 valence electrons. The van der Waals surface area contributed by atoms with Crippen LogP contribution in [0.4, 0.5) is 17.1 Å². The summed E-state index contributed by atoms with van der Waals surface area (Å²) in [6, 6.07) is 30.5. The van der Waals surface area contributed by atoms with E-state index in [1.54, 1.807) is 19.1 Å². The van der Waals surface area contributed by atoms with Crippen LogP contribution in [0.2, 0.25) is 0 Å². The molecule has 0 spiro atoms. The predicted octanol–water partition coefficient (Wildman–Crippen LogP) is 9.04. The molecule has 5 aromatic carbocycles. The Morgan fingerprint density at radius 3 is 2.19 bits per heavy atom. The minimum Gasteiger partial charge on any atom is -0.457 e. The lowest BCUT2D eigenvalue weighted by Gasteiger charge is -2.28. The first-order chi connectivity index (χ1) is 20.3. The van der Waals surface area contributed by atoms with Crippen molar-refractivity contribution in [3.8, 4) is 5.75 Å². The van der Waals surface area contributed by atoms with Gasteiger partial charge in [0.25, 0.3) is 0 Å². The number of nitrogens with zero attached hydrogens (tertiary/aromatic N) is 1. The van der Waals surface area contributed by atoms with Gasteiger partial charge in [0.2, 0.25) is 0 Å². The fourth-order valence-corrected chi connectivity index (χ4v) is 5.21. The zero-order valence-corrected chi connectivity index (χ0v) is 24.1. The predicted molar refractivity (Wildman–Crippen MR) is 171 cm³/mol. The molecule has 0 saturated carbocycles. The number of aryl methyl sites for hydroxylation is 2. The molecule has 0 aliphatic carbocycles. The summed E-state index contributed by atoms with van der Waals surface area (Å²) in [5, 5.41) is 4.85. The van der Waals surface area contributed by atoms with Gasteiger partial charge in [-0.3, -0.25) is 0 Å². The molecule has 0 radical (unpaired) electrons. The molecule has 5 aromatic rings. The minimum atomic E-state index is -0.508. The van der Waals surface area contributed by atoms with Crippen molar-refractivity contribution in [1.29, 1.82) is 0 Å². The molecule has 0 N–H and O–H groups in total. The number of hydrogen-bond donors (Lipinski definition) is 0. The first kappa shape index (κ1) is 28.4. The van der Waals surface area contributed by atoms with E-state index in [4.69, 9.17) is 9.47 Å². The van der Waals surface area contributed by atoms with Crippen molar-refractivity contribution in [2.24, 2.45) is 0 Å². The monoisotopic (exact) mass is 555 g/mol. The van der Waals surface area contributed by atoms with Crippen molar-refractivity contribution >= 4 is 50.5 Å². The van der Waals surface area contributed by atoms with Crippen LogP contribution in [0.15, 0.2) is 116 Å². The second-order valence-corrected chi connectivity index (χ2v) is 10.2. The van der Waals surface area contributed by atoms with Crippen LogP contribution in [-0.2, 0) is 27.4 Å². The van der Waals surface area contributed by atoms with Gasteiger partial charge in [-0.15, -0.1) is 0 Å². The molecule has 0 amide bonds. The fraction of sp³-hybridized carbons (Fsp3) is 0.135. The standard InChI is InChI=1S/C37H33NO4/c1-6-27-14-22-33(32-21-13-28-10-8-9-25(5)35(28)36(27)32)38(30-17-19-31(20-18-30)42-34(39)7-2)29-15-11-26(12-16-29)23-41-37(40)24(3)4/h7-22H,2-3,6,23H2,1,4-5H3.